The molecule has 1 aliphatic rings. The lowest BCUT2D eigenvalue weighted by Crippen LogP contribution is -2.50. The second-order valence-corrected chi connectivity index (χ2v) is 11.5. The molecule has 0 aliphatic heterocycles. The van der Waals surface area contributed by atoms with Gasteiger partial charge in [-0.1, -0.05) is 38.1 Å². The molecule has 1 aromatic heterocycles. The molecule has 2 aromatic carbocycles. The van der Waals surface area contributed by atoms with Crippen molar-refractivity contribution < 1.29 is 24.1 Å². The van der Waals surface area contributed by atoms with Gasteiger partial charge in [0.05, 0.1) is 11.8 Å². The topological polar surface area (TPSA) is 103 Å². The van der Waals surface area contributed by atoms with Crippen molar-refractivity contribution in [3.63, 3.8) is 0 Å². The summed E-state index contributed by atoms with van der Waals surface area (Å²) in [7, 11) is 0. The van der Waals surface area contributed by atoms with Crippen LogP contribution in [0, 0.1) is 0 Å². The number of aliphatic hydroxyl groups excluding tert-OH is 1. The fraction of sp³-hybridized carbons (Fsp3) is 0.469. The van der Waals surface area contributed by atoms with Crippen LogP contribution >= 0.6 is 0 Å². The molecule has 2 N–H and O–H groups in total. The number of alkyl carbamates (subject to hydrolysis) is 1. The highest BCUT2D eigenvalue weighted by Gasteiger charge is 2.34. The maximum atomic E-state index is 12.0. The van der Waals surface area contributed by atoms with E-state index in [2.05, 4.69) is 53.6 Å². The number of rotatable bonds is 10. The van der Waals surface area contributed by atoms with Crippen LogP contribution in [0.3, 0.4) is 0 Å². The first-order valence-corrected chi connectivity index (χ1v) is 14.1. The second-order valence-electron chi connectivity index (χ2n) is 11.5. The number of carbonyl (C=O) groups is 1. The van der Waals surface area contributed by atoms with Gasteiger partial charge in [-0.3, -0.25) is 0 Å². The Balaban J connectivity index is 1.37. The number of nitrogens with one attached hydrogen (secondary N) is 1. The normalized spacial score (nSPS) is 17.9. The number of amides is 1. The highest BCUT2D eigenvalue weighted by atomic mass is 16.6. The van der Waals surface area contributed by atoms with Gasteiger partial charge in [0.25, 0.3) is 0 Å². The molecule has 40 heavy (non-hydrogen) atoms. The van der Waals surface area contributed by atoms with Crippen molar-refractivity contribution in [2.45, 2.75) is 96.5 Å². The van der Waals surface area contributed by atoms with Gasteiger partial charge < -0.3 is 24.6 Å². The predicted molar refractivity (Wildman–Crippen MR) is 154 cm³/mol. The number of benzene rings is 2. The number of hydrogen-bond donors (Lipinski definition) is 2. The lowest BCUT2D eigenvalue weighted by molar-refractivity contribution is 0.0362. The average Bonchev–Trinajstić information content (AvgIpc) is 2.89. The van der Waals surface area contributed by atoms with Crippen molar-refractivity contribution in [1.82, 2.24) is 15.5 Å². The summed E-state index contributed by atoms with van der Waals surface area (Å²) in [6, 6.07) is 20.0. The van der Waals surface area contributed by atoms with E-state index in [1.54, 1.807) is 19.1 Å². The standard InChI is InChI=1S/C32H41N3O5/c1-7-32(8-2,23-11-15-26(16-12-23)39-29-18-17-28(21(3)36)34-35-29)22-9-13-25(14-10-22)38-27-19-24(20-27)33-30(37)40-31(4,5)6/h9-18,21,24,27,36H,7-8,19-20H2,1-6H3,(H,33,37)/t21-,24?,27?/m1/s1. The van der Waals surface area contributed by atoms with Crippen LogP contribution in [0.15, 0.2) is 60.7 Å². The molecule has 1 amide bonds. The van der Waals surface area contributed by atoms with Crippen LogP contribution in [-0.4, -0.2) is 39.1 Å². The Morgan fingerprint density at radius 3 is 1.98 bits per heavy atom. The number of aliphatic hydroxyl groups is 1. The molecule has 1 heterocycles. The number of hydrogen-bond acceptors (Lipinski definition) is 7. The summed E-state index contributed by atoms with van der Waals surface area (Å²) in [4.78, 5) is 12.0. The zero-order chi connectivity index (χ0) is 28.9. The Kier molecular flexibility index (Phi) is 8.98. The van der Waals surface area contributed by atoms with Crippen LogP contribution in [-0.2, 0) is 10.2 Å². The molecule has 1 fully saturated rings. The molecule has 0 radical (unpaired) electrons. The molecule has 1 saturated carbocycles. The lowest BCUT2D eigenvalue weighted by atomic mass is 9.70. The number of aromatic nitrogens is 2. The fourth-order valence-electron chi connectivity index (χ4n) is 5.10. The van der Waals surface area contributed by atoms with Crippen molar-refractivity contribution in [1.29, 1.82) is 0 Å². The molecule has 214 valence electrons. The van der Waals surface area contributed by atoms with Crippen molar-refractivity contribution in [2.24, 2.45) is 0 Å². The van der Waals surface area contributed by atoms with Gasteiger partial charge in [0, 0.05) is 30.4 Å². The Morgan fingerprint density at radius 1 is 0.925 bits per heavy atom. The first-order chi connectivity index (χ1) is 19.0. The smallest absolute Gasteiger partial charge is 0.407 e. The van der Waals surface area contributed by atoms with Gasteiger partial charge in [0.2, 0.25) is 5.88 Å². The highest BCUT2D eigenvalue weighted by Crippen LogP contribution is 2.40. The fourth-order valence-corrected chi connectivity index (χ4v) is 5.10. The highest BCUT2D eigenvalue weighted by molar-refractivity contribution is 5.68. The minimum Gasteiger partial charge on any atom is -0.490 e. The maximum Gasteiger partial charge on any atom is 0.407 e. The van der Waals surface area contributed by atoms with Crippen LogP contribution < -0.4 is 14.8 Å². The molecule has 1 atom stereocenters. The third-order valence-corrected chi connectivity index (χ3v) is 7.45. The Morgan fingerprint density at radius 2 is 1.50 bits per heavy atom. The number of ether oxygens (including phenoxy) is 3. The van der Waals surface area contributed by atoms with E-state index in [4.69, 9.17) is 14.2 Å². The van der Waals surface area contributed by atoms with Crippen LogP contribution in [0.5, 0.6) is 17.4 Å². The molecule has 8 nitrogen and oxygen atoms in total. The summed E-state index contributed by atoms with van der Waals surface area (Å²) in [5, 5.41) is 20.6. The maximum absolute atomic E-state index is 12.0. The van der Waals surface area contributed by atoms with Gasteiger partial charge in [0.15, 0.2) is 0 Å². The van der Waals surface area contributed by atoms with E-state index in [0.29, 0.717) is 17.3 Å². The first kappa shape index (κ1) is 29.3. The van der Waals surface area contributed by atoms with E-state index < -0.39 is 11.7 Å². The van der Waals surface area contributed by atoms with Crippen molar-refractivity contribution in [3.8, 4) is 17.4 Å². The molecule has 8 heteroatoms. The monoisotopic (exact) mass is 547 g/mol. The molecule has 3 aromatic rings. The van der Waals surface area contributed by atoms with Crippen molar-refractivity contribution >= 4 is 6.09 Å². The lowest BCUT2D eigenvalue weighted by Gasteiger charge is -2.36. The van der Waals surface area contributed by atoms with Gasteiger partial charge >= 0.3 is 6.09 Å². The van der Waals surface area contributed by atoms with E-state index >= 15 is 0 Å². The Hall–Kier alpha value is -3.65. The second kappa shape index (κ2) is 12.3. The Labute approximate surface area is 237 Å². The summed E-state index contributed by atoms with van der Waals surface area (Å²) in [5.41, 5.74) is 2.30. The van der Waals surface area contributed by atoms with Crippen molar-refractivity contribution in [2.75, 3.05) is 0 Å². The quantitative estimate of drug-likeness (QED) is 0.286. The third-order valence-electron chi connectivity index (χ3n) is 7.45. The zero-order valence-corrected chi connectivity index (χ0v) is 24.3. The molecule has 4 rings (SSSR count). The molecule has 0 unspecified atom stereocenters. The first-order valence-electron chi connectivity index (χ1n) is 14.1. The molecule has 0 saturated heterocycles. The number of carbonyl (C=O) groups excluding carboxylic acids is 1. The van der Waals surface area contributed by atoms with E-state index in [1.165, 1.54) is 11.1 Å². The number of nitrogens with zero attached hydrogens (tertiary/aromatic N) is 2. The van der Waals surface area contributed by atoms with E-state index in [1.807, 2.05) is 45.0 Å². The molecule has 0 bridgehead atoms. The zero-order valence-electron chi connectivity index (χ0n) is 24.3. The van der Waals surface area contributed by atoms with Gasteiger partial charge in [0.1, 0.15) is 23.2 Å². The van der Waals surface area contributed by atoms with E-state index in [9.17, 15) is 9.90 Å². The average molecular weight is 548 g/mol. The minimum atomic E-state index is -0.670. The summed E-state index contributed by atoms with van der Waals surface area (Å²) in [6.07, 6.45) is 2.44. The van der Waals surface area contributed by atoms with Gasteiger partial charge in [-0.2, -0.15) is 0 Å². The SMILES string of the molecule is CCC(CC)(c1ccc(Oc2ccc([C@@H](C)O)nn2)cc1)c1ccc(OC2CC(NC(=O)OC(C)(C)C)C2)cc1. The van der Waals surface area contributed by atoms with E-state index in [-0.39, 0.29) is 23.7 Å². The van der Waals surface area contributed by atoms with Crippen LogP contribution in [0.2, 0.25) is 0 Å². The van der Waals surface area contributed by atoms with Gasteiger partial charge in [-0.25, -0.2) is 4.79 Å². The van der Waals surface area contributed by atoms with Crippen LogP contribution in [0.4, 0.5) is 4.79 Å². The minimum absolute atomic E-state index is 0.0772. The van der Waals surface area contributed by atoms with E-state index in [0.717, 1.165) is 31.4 Å². The summed E-state index contributed by atoms with van der Waals surface area (Å²) >= 11 is 0. The molecule has 1 aliphatic carbocycles. The van der Waals surface area contributed by atoms with Gasteiger partial charge in [-0.15, -0.1) is 10.2 Å². The van der Waals surface area contributed by atoms with Crippen molar-refractivity contribution in [3.05, 3.63) is 77.5 Å². The van der Waals surface area contributed by atoms with Crippen LogP contribution in [0.1, 0.15) is 90.2 Å². The largest absolute Gasteiger partial charge is 0.490 e. The summed E-state index contributed by atoms with van der Waals surface area (Å²) in [5.74, 6) is 1.88. The molecule has 0 spiro atoms. The Bertz CT molecular complexity index is 1240. The predicted octanol–water partition coefficient (Wildman–Crippen LogP) is 6.86. The van der Waals surface area contributed by atoms with Crippen LogP contribution in [0.25, 0.3) is 0 Å². The van der Waals surface area contributed by atoms with Gasteiger partial charge in [-0.05, 0) is 82.0 Å². The molecular formula is C32H41N3O5. The summed E-state index contributed by atoms with van der Waals surface area (Å²) < 4.78 is 17.4. The summed E-state index contributed by atoms with van der Waals surface area (Å²) in [6.45, 7) is 11.6. The third kappa shape index (κ3) is 7.10. The molecular weight excluding hydrogens is 506 g/mol.